The minimum Gasteiger partial charge on any atom is -0.356 e. The number of hydrogen-bond donors (Lipinski definition) is 1. The van der Waals surface area contributed by atoms with Gasteiger partial charge in [0.25, 0.3) is 0 Å². The van der Waals surface area contributed by atoms with Crippen LogP contribution >= 0.6 is 11.8 Å². The Kier molecular flexibility index (Phi) is 10.4. The molecule has 2 heterocycles. The number of carbonyl (C=O) groups excluding carboxylic acids is 1. The summed E-state index contributed by atoms with van der Waals surface area (Å²) in [6.07, 6.45) is 2.84. The summed E-state index contributed by atoms with van der Waals surface area (Å²) in [6.45, 7) is 11.8. The summed E-state index contributed by atoms with van der Waals surface area (Å²) < 4.78 is 0. The Bertz CT molecular complexity index is 238. The van der Waals surface area contributed by atoms with Crippen LogP contribution in [-0.2, 0) is 4.79 Å². The molecule has 2 rings (SSSR count). The van der Waals surface area contributed by atoms with Gasteiger partial charge in [-0.15, -0.1) is 0 Å². The Morgan fingerprint density at radius 1 is 1.16 bits per heavy atom. The summed E-state index contributed by atoms with van der Waals surface area (Å²) in [5.74, 6) is 2.87. The lowest BCUT2D eigenvalue weighted by Gasteiger charge is -2.20. The molecule has 0 radical (unpaired) electrons. The highest BCUT2D eigenvalue weighted by Gasteiger charge is 2.21. The SMILES string of the molecule is CC.CC1(C)CCNC(=O)CC1.CN1CCSCC1. The molecule has 0 atom stereocenters. The maximum Gasteiger partial charge on any atom is 0.220 e. The van der Waals surface area contributed by atoms with E-state index in [1.54, 1.807) is 0 Å². The molecule has 2 aliphatic rings. The normalized spacial score (nSPS) is 22.9. The van der Waals surface area contributed by atoms with E-state index in [0.29, 0.717) is 11.8 Å². The van der Waals surface area contributed by atoms with Gasteiger partial charge in [0.15, 0.2) is 0 Å². The van der Waals surface area contributed by atoms with Crippen molar-refractivity contribution in [1.29, 1.82) is 0 Å². The van der Waals surface area contributed by atoms with Crippen molar-refractivity contribution in [2.45, 2.75) is 47.0 Å². The Morgan fingerprint density at radius 2 is 1.74 bits per heavy atom. The summed E-state index contributed by atoms with van der Waals surface area (Å²) in [6, 6.07) is 0. The molecule has 0 unspecified atom stereocenters. The first-order valence-electron chi connectivity index (χ1n) is 7.53. The molecule has 4 heteroatoms. The Labute approximate surface area is 123 Å². The van der Waals surface area contributed by atoms with E-state index >= 15 is 0 Å². The van der Waals surface area contributed by atoms with Crippen LogP contribution in [0.15, 0.2) is 0 Å². The van der Waals surface area contributed by atoms with Gasteiger partial charge in [-0.05, 0) is 25.3 Å². The van der Waals surface area contributed by atoms with Gasteiger partial charge in [0.2, 0.25) is 5.91 Å². The van der Waals surface area contributed by atoms with Gasteiger partial charge in [0, 0.05) is 37.6 Å². The highest BCUT2D eigenvalue weighted by Crippen LogP contribution is 2.27. The molecule has 0 aromatic carbocycles. The molecule has 114 valence electrons. The fraction of sp³-hybridized carbons (Fsp3) is 0.933. The minimum absolute atomic E-state index is 0.213. The lowest BCUT2D eigenvalue weighted by Crippen LogP contribution is -2.28. The van der Waals surface area contributed by atoms with Gasteiger partial charge < -0.3 is 10.2 Å². The largest absolute Gasteiger partial charge is 0.356 e. The summed E-state index contributed by atoms with van der Waals surface area (Å²) in [7, 11) is 2.18. The van der Waals surface area contributed by atoms with E-state index in [9.17, 15) is 4.79 Å². The maximum absolute atomic E-state index is 10.9. The first kappa shape index (κ1) is 18.8. The molecule has 3 nitrogen and oxygen atoms in total. The van der Waals surface area contributed by atoms with Crippen LogP contribution in [0.2, 0.25) is 0 Å². The van der Waals surface area contributed by atoms with Crippen LogP contribution in [0.5, 0.6) is 0 Å². The number of nitrogens with one attached hydrogen (secondary N) is 1. The van der Waals surface area contributed by atoms with Crippen molar-refractivity contribution >= 4 is 17.7 Å². The molecule has 2 saturated heterocycles. The molecule has 0 aromatic rings. The lowest BCUT2D eigenvalue weighted by atomic mass is 9.85. The van der Waals surface area contributed by atoms with Crippen molar-refractivity contribution in [3.63, 3.8) is 0 Å². The van der Waals surface area contributed by atoms with Gasteiger partial charge in [-0.3, -0.25) is 4.79 Å². The number of amides is 1. The fourth-order valence-electron chi connectivity index (χ4n) is 1.86. The van der Waals surface area contributed by atoms with Gasteiger partial charge >= 0.3 is 0 Å². The Morgan fingerprint density at radius 3 is 2.21 bits per heavy atom. The van der Waals surface area contributed by atoms with Crippen molar-refractivity contribution < 1.29 is 4.79 Å². The average Bonchev–Trinajstić information content (AvgIpc) is 2.55. The molecule has 1 N–H and O–H groups in total. The smallest absolute Gasteiger partial charge is 0.220 e. The zero-order chi connectivity index (χ0) is 14.7. The molecule has 0 saturated carbocycles. The van der Waals surface area contributed by atoms with Gasteiger partial charge in [0.1, 0.15) is 0 Å². The van der Waals surface area contributed by atoms with E-state index in [-0.39, 0.29) is 5.91 Å². The molecule has 0 aromatic heterocycles. The third kappa shape index (κ3) is 10.3. The van der Waals surface area contributed by atoms with E-state index < -0.39 is 0 Å². The van der Waals surface area contributed by atoms with Gasteiger partial charge in [0.05, 0.1) is 0 Å². The van der Waals surface area contributed by atoms with Crippen LogP contribution in [-0.4, -0.2) is 49.0 Å². The van der Waals surface area contributed by atoms with Gasteiger partial charge in [-0.1, -0.05) is 27.7 Å². The van der Waals surface area contributed by atoms with Crippen molar-refractivity contribution in [2.75, 3.05) is 38.2 Å². The van der Waals surface area contributed by atoms with Crippen LogP contribution in [0.25, 0.3) is 0 Å². The zero-order valence-corrected chi connectivity index (χ0v) is 14.2. The predicted octanol–water partition coefficient (Wildman–Crippen LogP) is 3.00. The molecule has 1 amide bonds. The maximum atomic E-state index is 10.9. The summed E-state index contributed by atoms with van der Waals surface area (Å²) in [4.78, 5) is 13.2. The average molecular weight is 289 g/mol. The molecule has 2 aliphatic heterocycles. The number of hydrogen-bond acceptors (Lipinski definition) is 3. The summed E-state index contributed by atoms with van der Waals surface area (Å²) in [5, 5.41) is 2.86. The second-order valence-corrected chi connectivity index (χ2v) is 6.90. The molecule has 0 spiro atoms. The van der Waals surface area contributed by atoms with E-state index in [1.807, 2.05) is 13.8 Å². The van der Waals surface area contributed by atoms with Gasteiger partial charge in [-0.2, -0.15) is 11.8 Å². The molecular weight excluding hydrogens is 256 g/mol. The number of nitrogens with zero attached hydrogens (tertiary/aromatic N) is 1. The highest BCUT2D eigenvalue weighted by molar-refractivity contribution is 7.99. The predicted molar refractivity (Wildman–Crippen MR) is 86.8 cm³/mol. The lowest BCUT2D eigenvalue weighted by molar-refractivity contribution is -0.120. The quantitative estimate of drug-likeness (QED) is 0.744. The second kappa shape index (κ2) is 10.6. The minimum atomic E-state index is 0.213. The second-order valence-electron chi connectivity index (χ2n) is 5.68. The van der Waals surface area contributed by atoms with E-state index in [2.05, 4.69) is 42.9 Å². The first-order valence-corrected chi connectivity index (χ1v) is 8.68. The third-order valence-corrected chi connectivity index (χ3v) is 4.33. The van der Waals surface area contributed by atoms with Crippen LogP contribution < -0.4 is 5.32 Å². The van der Waals surface area contributed by atoms with E-state index in [1.165, 1.54) is 24.6 Å². The van der Waals surface area contributed by atoms with Crippen LogP contribution in [0.3, 0.4) is 0 Å². The molecule has 19 heavy (non-hydrogen) atoms. The Balaban J connectivity index is 0.000000316. The Hall–Kier alpha value is -0.220. The number of carbonyl (C=O) groups is 1. The van der Waals surface area contributed by atoms with Crippen LogP contribution in [0.1, 0.15) is 47.0 Å². The topological polar surface area (TPSA) is 32.3 Å². The van der Waals surface area contributed by atoms with Crippen LogP contribution in [0.4, 0.5) is 0 Å². The van der Waals surface area contributed by atoms with Crippen LogP contribution in [0, 0.1) is 5.41 Å². The molecule has 2 fully saturated rings. The van der Waals surface area contributed by atoms with Crippen molar-refractivity contribution in [3.05, 3.63) is 0 Å². The summed E-state index contributed by atoms with van der Waals surface area (Å²) in [5.41, 5.74) is 0.360. The number of rotatable bonds is 0. The van der Waals surface area contributed by atoms with E-state index in [4.69, 9.17) is 0 Å². The molecule has 0 bridgehead atoms. The van der Waals surface area contributed by atoms with Gasteiger partial charge in [-0.25, -0.2) is 0 Å². The first-order chi connectivity index (χ1) is 8.99. The molecule has 0 aliphatic carbocycles. The third-order valence-electron chi connectivity index (χ3n) is 3.39. The van der Waals surface area contributed by atoms with E-state index in [0.717, 1.165) is 19.4 Å². The highest BCUT2D eigenvalue weighted by atomic mass is 32.2. The monoisotopic (exact) mass is 288 g/mol. The number of thioether (sulfide) groups is 1. The standard InChI is InChI=1S/C8H15NO.C5H11NS.C2H6/c1-8(2)4-3-7(10)9-6-5-8;1-6-2-4-7-5-3-6;1-2/h3-6H2,1-2H3,(H,9,10);2-5H2,1H3;1-2H3. The summed E-state index contributed by atoms with van der Waals surface area (Å²) >= 11 is 2.06. The fourth-order valence-corrected chi connectivity index (χ4v) is 2.95. The molecular formula is C15H32N2OS. The van der Waals surface area contributed by atoms with Crippen molar-refractivity contribution in [1.82, 2.24) is 10.2 Å². The van der Waals surface area contributed by atoms with Crippen molar-refractivity contribution in [3.8, 4) is 0 Å². The van der Waals surface area contributed by atoms with Crippen molar-refractivity contribution in [2.24, 2.45) is 5.41 Å². The zero-order valence-electron chi connectivity index (χ0n) is 13.4.